The number of aliphatic carboxylic acids is 1. The van der Waals surface area contributed by atoms with Crippen molar-refractivity contribution in [3.8, 4) is 11.3 Å². The maximum absolute atomic E-state index is 11.6. The first kappa shape index (κ1) is 23.6. The van der Waals surface area contributed by atoms with Crippen molar-refractivity contribution in [2.45, 2.75) is 58.4 Å². The quantitative estimate of drug-likeness (QED) is 0.527. The molecule has 1 fully saturated rings. The van der Waals surface area contributed by atoms with E-state index in [0.717, 1.165) is 47.9 Å². The summed E-state index contributed by atoms with van der Waals surface area (Å²) in [6, 6.07) is 6.83. The van der Waals surface area contributed by atoms with Crippen LogP contribution in [0.15, 0.2) is 41.2 Å². The highest BCUT2D eigenvalue weighted by molar-refractivity contribution is 7.59. The van der Waals surface area contributed by atoms with Crippen molar-refractivity contribution in [1.82, 2.24) is 4.57 Å². The van der Waals surface area contributed by atoms with Gasteiger partial charge in [-0.05, 0) is 42.5 Å². The minimum Gasteiger partial charge on any atom is -0.480 e. The minimum atomic E-state index is -1.02. The molecule has 1 aromatic carbocycles. The topological polar surface area (TPSA) is 92.7 Å². The third-order valence-electron chi connectivity index (χ3n) is 5.45. The summed E-state index contributed by atoms with van der Waals surface area (Å²) in [5, 5.41) is 19.8. The highest BCUT2D eigenvalue weighted by Gasteiger charge is 2.28. The van der Waals surface area contributed by atoms with E-state index < -0.39 is 11.9 Å². The van der Waals surface area contributed by atoms with E-state index in [-0.39, 0.29) is 25.6 Å². The van der Waals surface area contributed by atoms with Crippen LogP contribution in [-0.4, -0.2) is 26.7 Å². The summed E-state index contributed by atoms with van der Waals surface area (Å²) in [6.07, 6.45) is 8.81. The highest BCUT2D eigenvalue weighted by Crippen LogP contribution is 2.44. The predicted molar refractivity (Wildman–Crippen MR) is 122 cm³/mol. The van der Waals surface area contributed by atoms with Gasteiger partial charge in [0, 0.05) is 10.9 Å². The molecule has 7 heteroatoms. The van der Waals surface area contributed by atoms with Crippen LogP contribution in [-0.2, 0) is 11.3 Å². The molecule has 2 N–H and O–H groups in total. The average molecular weight is 432 g/mol. The molecular formula is C23H29NO5S. The number of carboxylic acids is 2. The van der Waals surface area contributed by atoms with Gasteiger partial charge in [-0.1, -0.05) is 39.2 Å². The number of fused-ring (bicyclic) bond motifs is 1. The Morgan fingerprint density at radius 3 is 2.37 bits per heavy atom. The van der Waals surface area contributed by atoms with Gasteiger partial charge in [0.15, 0.2) is 0 Å². The van der Waals surface area contributed by atoms with Gasteiger partial charge in [0.05, 0.1) is 29.3 Å². The second kappa shape index (κ2) is 10.4. The van der Waals surface area contributed by atoms with Crippen LogP contribution >= 0.6 is 13.5 Å². The first-order chi connectivity index (χ1) is 14.1. The van der Waals surface area contributed by atoms with Gasteiger partial charge in [0.2, 0.25) is 0 Å². The standard InChI is InChI=1S/C21H21NO5.C2H6.H2S/c23-18(24)11-22-17-10-14(21(25)26)6-7-16(17)19(13-4-2-1-3-5-13)20(22)15-8-9-27-12-15;1-2;/h6-10,12-13H,1-5,11H2,(H,23,24)(H,25,26);1-2H3;1H2. The number of carboxylic acid groups (broad SMARTS) is 2. The van der Waals surface area contributed by atoms with Crippen molar-refractivity contribution in [3.63, 3.8) is 0 Å². The first-order valence-electron chi connectivity index (χ1n) is 10.2. The van der Waals surface area contributed by atoms with E-state index in [1.165, 1.54) is 6.42 Å². The number of furan rings is 1. The normalized spacial score (nSPS) is 13.9. The lowest BCUT2D eigenvalue weighted by Crippen LogP contribution is -2.11. The predicted octanol–water partition coefficient (Wildman–Crippen LogP) is 5.87. The molecule has 2 aromatic heterocycles. The zero-order chi connectivity index (χ0) is 21.0. The van der Waals surface area contributed by atoms with Gasteiger partial charge >= 0.3 is 11.9 Å². The molecule has 30 heavy (non-hydrogen) atoms. The number of aromatic carboxylic acids is 1. The zero-order valence-corrected chi connectivity index (χ0v) is 18.4. The summed E-state index contributed by atoms with van der Waals surface area (Å²) in [5.41, 5.74) is 3.57. The van der Waals surface area contributed by atoms with Gasteiger partial charge in [0.1, 0.15) is 6.54 Å². The maximum atomic E-state index is 11.6. The molecule has 0 aliphatic heterocycles. The van der Waals surface area contributed by atoms with Crippen molar-refractivity contribution >= 4 is 36.3 Å². The van der Waals surface area contributed by atoms with E-state index in [4.69, 9.17) is 4.42 Å². The molecule has 1 aliphatic carbocycles. The fraction of sp³-hybridized carbons (Fsp3) is 0.391. The number of hydrogen-bond acceptors (Lipinski definition) is 3. The van der Waals surface area contributed by atoms with Gasteiger partial charge in [-0.3, -0.25) is 4.79 Å². The lowest BCUT2D eigenvalue weighted by Gasteiger charge is -2.23. The molecule has 3 aromatic rings. The molecule has 2 heterocycles. The van der Waals surface area contributed by atoms with Crippen LogP contribution in [0.1, 0.15) is 67.8 Å². The smallest absolute Gasteiger partial charge is 0.335 e. The molecule has 0 unspecified atom stereocenters. The summed E-state index contributed by atoms with van der Waals surface area (Å²) < 4.78 is 7.00. The van der Waals surface area contributed by atoms with E-state index in [9.17, 15) is 19.8 Å². The SMILES string of the molecule is CC.O=C(O)Cn1c(-c2ccoc2)c(C2CCCCC2)c2ccc(C(=O)O)cc21.S. The summed E-state index contributed by atoms with van der Waals surface area (Å²) in [5.74, 6) is -1.66. The molecule has 0 saturated heterocycles. The number of carbonyl (C=O) groups is 2. The second-order valence-corrected chi connectivity index (χ2v) is 7.13. The summed E-state index contributed by atoms with van der Waals surface area (Å²) in [7, 11) is 0. The summed E-state index contributed by atoms with van der Waals surface area (Å²) in [6.45, 7) is 3.77. The number of benzene rings is 1. The summed E-state index contributed by atoms with van der Waals surface area (Å²) in [4.78, 5) is 23.0. The Balaban J connectivity index is 0.00000104. The first-order valence-corrected chi connectivity index (χ1v) is 10.2. The van der Waals surface area contributed by atoms with Crippen molar-refractivity contribution < 1.29 is 24.2 Å². The molecule has 1 saturated carbocycles. The molecule has 6 nitrogen and oxygen atoms in total. The van der Waals surface area contributed by atoms with Gasteiger partial charge in [-0.2, -0.15) is 13.5 Å². The number of aromatic nitrogens is 1. The molecular weight excluding hydrogens is 402 g/mol. The summed E-state index contributed by atoms with van der Waals surface area (Å²) >= 11 is 0. The Bertz CT molecular complexity index is 1000. The van der Waals surface area contributed by atoms with E-state index >= 15 is 0 Å². The fourth-order valence-electron chi connectivity index (χ4n) is 4.32. The highest BCUT2D eigenvalue weighted by atomic mass is 32.1. The van der Waals surface area contributed by atoms with Crippen molar-refractivity contribution in [2.75, 3.05) is 0 Å². The van der Waals surface area contributed by atoms with Crippen LogP contribution in [0.3, 0.4) is 0 Å². The molecule has 0 atom stereocenters. The van der Waals surface area contributed by atoms with Crippen molar-refractivity contribution in [2.24, 2.45) is 0 Å². The molecule has 0 radical (unpaired) electrons. The van der Waals surface area contributed by atoms with Gasteiger partial charge in [0.25, 0.3) is 0 Å². The maximum Gasteiger partial charge on any atom is 0.335 e. The lowest BCUT2D eigenvalue weighted by atomic mass is 9.82. The zero-order valence-electron chi connectivity index (χ0n) is 17.4. The Labute approximate surface area is 183 Å². The Hall–Kier alpha value is -2.67. The third kappa shape index (κ3) is 4.56. The van der Waals surface area contributed by atoms with Crippen LogP contribution in [0.5, 0.6) is 0 Å². The molecule has 1 aliphatic rings. The van der Waals surface area contributed by atoms with E-state index in [1.54, 1.807) is 29.2 Å². The van der Waals surface area contributed by atoms with Crippen molar-refractivity contribution in [1.29, 1.82) is 0 Å². The van der Waals surface area contributed by atoms with Gasteiger partial charge < -0.3 is 19.2 Å². The van der Waals surface area contributed by atoms with Crippen LogP contribution in [0.25, 0.3) is 22.2 Å². The number of hydrogen-bond donors (Lipinski definition) is 2. The van der Waals surface area contributed by atoms with Crippen LogP contribution < -0.4 is 0 Å². The monoisotopic (exact) mass is 431 g/mol. The van der Waals surface area contributed by atoms with E-state index in [1.807, 2.05) is 26.0 Å². The largest absolute Gasteiger partial charge is 0.480 e. The van der Waals surface area contributed by atoms with Gasteiger partial charge in [-0.25, -0.2) is 4.79 Å². The fourth-order valence-corrected chi connectivity index (χ4v) is 4.32. The van der Waals surface area contributed by atoms with Crippen LogP contribution in [0.4, 0.5) is 0 Å². The molecule has 4 rings (SSSR count). The van der Waals surface area contributed by atoms with Crippen LogP contribution in [0, 0.1) is 0 Å². The van der Waals surface area contributed by atoms with Crippen LogP contribution in [0.2, 0.25) is 0 Å². The molecule has 0 amide bonds. The van der Waals surface area contributed by atoms with Crippen molar-refractivity contribution in [3.05, 3.63) is 47.9 Å². The van der Waals surface area contributed by atoms with E-state index in [2.05, 4.69) is 0 Å². The number of nitrogens with zero attached hydrogens (tertiary/aromatic N) is 1. The third-order valence-corrected chi connectivity index (χ3v) is 5.45. The molecule has 0 bridgehead atoms. The number of rotatable bonds is 5. The average Bonchev–Trinajstić information content (AvgIpc) is 3.36. The Kier molecular flexibility index (Phi) is 8.17. The molecule has 162 valence electrons. The Morgan fingerprint density at radius 1 is 1.10 bits per heavy atom. The Morgan fingerprint density at radius 2 is 1.80 bits per heavy atom. The minimum absolute atomic E-state index is 0. The second-order valence-electron chi connectivity index (χ2n) is 7.13. The lowest BCUT2D eigenvalue weighted by molar-refractivity contribution is -0.137. The van der Waals surface area contributed by atoms with E-state index in [0.29, 0.717) is 11.4 Å². The van der Waals surface area contributed by atoms with Gasteiger partial charge in [-0.15, -0.1) is 0 Å². The molecule has 0 spiro atoms.